The lowest BCUT2D eigenvalue weighted by Gasteiger charge is -2.15. The average Bonchev–Trinajstić information content (AvgIpc) is 2.96. The van der Waals surface area contributed by atoms with Crippen LogP contribution in [0.5, 0.6) is 5.75 Å². The van der Waals surface area contributed by atoms with Crippen LogP contribution in [0.4, 0.5) is 5.69 Å². The minimum Gasteiger partial charge on any atom is -0.492 e. The van der Waals surface area contributed by atoms with E-state index < -0.39 is 0 Å². The zero-order valence-electron chi connectivity index (χ0n) is 11.7. The van der Waals surface area contributed by atoms with Gasteiger partial charge in [0, 0.05) is 12.5 Å². The van der Waals surface area contributed by atoms with Gasteiger partial charge in [-0.1, -0.05) is 6.07 Å². The summed E-state index contributed by atoms with van der Waals surface area (Å²) < 4.78 is 11.0. The van der Waals surface area contributed by atoms with Crippen molar-refractivity contribution in [2.75, 3.05) is 24.4 Å². The molecule has 2 rings (SSSR count). The fourth-order valence-electron chi connectivity index (χ4n) is 2.21. The van der Waals surface area contributed by atoms with Crippen LogP contribution in [-0.4, -0.2) is 31.1 Å². The molecule has 0 aliphatic carbocycles. The summed E-state index contributed by atoms with van der Waals surface area (Å²) in [7, 11) is 0. The van der Waals surface area contributed by atoms with Crippen LogP contribution >= 0.6 is 11.6 Å². The molecule has 1 heterocycles. The largest absolute Gasteiger partial charge is 0.492 e. The van der Waals surface area contributed by atoms with E-state index in [1.807, 2.05) is 25.1 Å². The Morgan fingerprint density at radius 3 is 3.05 bits per heavy atom. The molecule has 1 aromatic rings. The Hall–Kier alpha value is -1.26. The fraction of sp³-hybridized carbons (Fsp3) is 0.533. The summed E-state index contributed by atoms with van der Waals surface area (Å²) in [6.07, 6.45) is 2.15. The van der Waals surface area contributed by atoms with E-state index in [4.69, 9.17) is 21.1 Å². The first kappa shape index (κ1) is 15.1. The quantitative estimate of drug-likeness (QED) is 0.821. The standard InChI is InChI=1S/C15H20ClNO3/c1-2-19-14-10-11(7-8-16)5-6-12(14)17-15(18)13-4-3-9-20-13/h5-6,10,13H,2-4,7-9H2,1H3,(H,17,18). The maximum absolute atomic E-state index is 12.1. The third-order valence-electron chi connectivity index (χ3n) is 3.21. The molecule has 1 saturated heterocycles. The monoisotopic (exact) mass is 297 g/mol. The first-order chi connectivity index (χ1) is 9.74. The van der Waals surface area contributed by atoms with Gasteiger partial charge in [0.2, 0.25) is 0 Å². The number of ether oxygens (including phenoxy) is 2. The van der Waals surface area contributed by atoms with E-state index >= 15 is 0 Å². The first-order valence-corrected chi connectivity index (χ1v) is 7.52. The van der Waals surface area contributed by atoms with Gasteiger partial charge in [-0.25, -0.2) is 0 Å². The molecule has 1 unspecified atom stereocenters. The number of carbonyl (C=O) groups excluding carboxylic acids is 1. The van der Waals surface area contributed by atoms with Crippen molar-refractivity contribution in [1.82, 2.24) is 0 Å². The second-order valence-electron chi connectivity index (χ2n) is 4.69. The Morgan fingerprint density at radius 2 is 2.40 bits per heavy atom. The number of carbonyl (C=O) groups is 1. The van der Waals surface area contributed by atoms with Gasteiger partial charge in [-0.3, -0.25) is 4.79 Å². The third-order valence-corrected chi connectivity index (χ3v) is 3.40. The molecule has 4 nitrogen and oxygen atoms in total. The summed E-state index contributed by atoms with van der Waals surface area (Å²) in [5.41, 5.74) is 1.78. The van der Waals surface area contributed by atoms with Gasteiger partial charge in [0.25, 0.3) is 5.91 Å². The van der Waals surface area contributed by atoms with Gasteiger partial charge in [-0.15, -0.1) is 11.6 Å². The maximum atomic E-state index is 12.1. The molecule has 20 heavy (non-hydrogen) atoms. The molecule has 5 heteroatoms. The van der Waals surface area contributed by atoms with E-state index in [0.29, 0.717) is 30.5 Å². The molecule has 110 valence electrons. The highest BCUT2D eigenvalue weighted by atomic mass is 35.5. The summed E-state index contributed by atoms with van der Waals surface area (Å²) in [5, 5.41) is 2.88. The smallest absolute Gasteiger partial charge is 0.253 e. The normalized spacial score (nSPS) is 18.0. The molecule has 1 atom stereocenters. The van der Waals surface area contributed by atoms with Crippen molar-refractivity contribution in [3.8, 4) is 5.75 Å². The molecule has 0 bridgehead atoms. The predicted molar refractivity (Wildman–Crippen MR) is 79.6 cm³/mol. The second-order valence-corrected chi connectivity index (χ2v) is 5.07. The molecule has 1 aliphatic heterocycles. The Labute approximate surface area is 124 Å². The van der Waals surface area contributed by atoms with Crippen molar-refractivity contribution in [2.24, 2.45) is 0 Å². The van der Waals surface area contributed by atoms with E-state index in [1.165, 1.54) is 0 Å². The summed E-state index contributed by atoms with van der Waals surface area (Å²) in [6.45, 7) is 3.12. The predicted octanol–water partition coefficient (Wildman–Crippen LogP) is 2.98. The van der Waals surface area contributed by atoms with Gasteiger partial charge < -0.3 is 14.8 Å². The third kappa shape index (κ3) is 3.87. The van der Waals surface area contributed by atoms with Gasteiger partial charge in [-0.05, 0) is 43.9 Å². The van der Waals surface area contributed by atoms with Crippen LogP contribution in [0.3, 0.4) is 0 Å². The molecular formula is C15H20ClNO3. The number of halogens is 1. The summed E-state index contributed by atoms with van der Waals surface area (Å²) >= 11 is 5.75. The van der Waals surface area contributed by atoms with E-state index in [9.17, 15) is 4.79 Å². The number of amides is 1. The average molecular weight is 298 g/mol. The zero-order chi connectivity index (χ0) is 14.4. The van der Waals surface area contributed by atoms with Crippen molar-refractivity contribution >= 4 is 23.2 Å². The molecule has 1 N–H and O–H groups in total. The van der Waals surface area contributed by atoms with Crippen LogP contribution in [-0.2, 0) is 16.0 Å². The van der Waals surface area contributed by atoms with Gasteiger partial charge in [0.15, 0.2) is 0 Å². The van der Waals surface area contributed by atoms with Gasteiger partial charge in [0.05, 0.1) is 12.3 Å². The van der Waals surface area contributed by atoms with Crippen LogP contribution in [0.25, 0.3) is 0 Å². The summed E-state index contributed by atoms with van der Waals surface area (Å²) in [5.74, 6) is 1.14. The number of hydrogen-bond donors (Lipinski definition) is 1. The summed E-state index contributed by atoms with van der Waals surface area (Å²) in [4.78, 5) is 12.1. The first-order valence-electron chi connectivity index (χ1n) is 6.98. The van der Waals surface area contributed by atoms with Gasteiger partial charge in [-0.2, -0.15) is 0 Å². The lowest BCUT2D eigenvalue weighted by atomic mass is 10.1. The molecule has 1 aromatic carbocycles. The van der Waals surface area contributed by atoms with Gasteiger partial charge in [0.1, 0.15) is 11.9 Å². The Morgan fingerprint density at radius 1 is 1.55 bits per heavy atom. The Bertz CT molecular complexity index is 458. The molecular weight excluding hydrogens is 278 g/mol. The second kappa shape index (κ2) is 7.50. The molecule has 1 aliphatic rings. The highest BCUT2D eigenvalue weighted by Crippen LogP contribution is 2.27. The van der Waals surface area contributed by atoms with Crippen molar-refractivity contribution in [1.29, 1.82) is 0 Å². The van der Waals surface area contributed by atoms with Gasteiger partial charge >= 0.3 is 0 Å². The maximum Gasteiger partial charge on any atom is 0.253 e. The van der Waals surface area contributed by atoms with Crippen LogP contribution in [0, 0.1) is 0 Å². The Balaban J connectivity index is 2.10. The SMILES string of the molecule is CCOc1cc(CCCl)ccc1NC(=O)C1CCCO1. The van der Waals surface area contributed by atoms with Crippen LogP contribution in [0.15, 0.2) is 18.2 Å². The van der Waals surface area contributed by atoms with Crippen LogP contribution < -0.4 is 10.1 Å². The molecule has 0 spiro atoms. The highest BCUT2D eigenvalue weighted by Gasteiger charge is 2.24. The molecule has 1 fully saturated rings. The van der Waals surface area contributed by atoms with E-state index in [2.05, 4.69) is 5.32 Å². The minimum absolute atomic E-state index is 0.103. The number of alkyl halides is 1. The molecule has 0 saturated carbocycles. The van der Waals surface area contributed by atoms with E-state index in [1.54, 1.807) is 0 Å². The molecule has 0 radical (unpaired) electrons. The van der Waals surface area contributed by atoms with Crippen molar-refractivity contribution in [3.05, 3.63) is 23.8 Å². The van der Waals surface area contributed by atoms with E-state index in [-0.39, 0.29) is 12.0 Å². The van der Waals surface area contributed by atoms with Crippen molar-refractivity contribution in [2.45, 2.75) is 32.3 Å². The number of hydrogen-bond acceptors (Lipinski definition) is 3. The van der Waals surface area contributed by atoms with E-state index in [0.717, 1.165) is 24.8 Å². The fourth-order valence-corrected chi connectivity index (χ4v) is 2.43. The van der Waals surface area contributed by atoms with Crippen LogP contribution in [0.1, 0.15) is 25.3 Å². The van der Waals surface area contributed by atoms with Crippen LogP contribution in [0.2, 0.25) is 0 Å². The minimum atomic E-state index is -0.341. The number of anilines is 1. The molecule has 1 amide bonds. The topological polar surface area (TPSA) is 47.6 Å². The lowest BCUT2D eigenvalue weighted by molar-refractivity contribution is -0.124. The number of nitrogens with one attached hydrogen (secondary N) is 1. The lowest BCUT2D eigenvalue weighted by Crippen LogP contribution is -2.27. The summed E-state index contributed by atoms with van der Waals surface area (Å²) in [6, 6.07) is 5.74. The number of benzene rings is 1. The number of rotatable bonds is 6. The highest BCUT2D eigenvalue weighted by molar-refractivity contribution is 6.18. The van der Waals surface area contributed by atoms with Crippen molar-refractivity contribution in [3.63, 3.8) is 0 Å². The van der Waals surface area contributed by atoms with Crippen molar-refractivity contribution < 1.29 is 14.3 Å². The molecule has 0 aromatic heterocycles. The zero-order valence-corrected chi connectivity index (χ0v) is 12.4. The Kier molecular flexibility index (Phi) is 5.68. The number of aryl methyl sites for hydroxylation is 1.